The minimum Gasteiger partial charge on any atom is -0.449 e. The molecule has 1 heterocycles. The van der Waals surface area contributed by atoms with E-state index in [2.05, 4.69) is 23.7 Å². The minimum atomic E-state index is 0.939. The maximum Gasteiger partial charge on any atom is 0.182 e. The summed E-state index contributed by atoms with van der Waals surface area (Å²) in [6, 6.07) is 0. The van der Waals surface area contributed by atoms with Crippen molar-refractivity contribution in [3.8, 4) is 0 Å². The van der Waals surface area contributed by atoms with Crippen molar-refractivity contribution in [2.45, 2.75) is 20.3 Å². The van der Waals surface area contributed by atoms with Crippen molar-refractivity contribution >= 4 is 5.82 Å². The van der Waals surface area contributed by atoms with Crippen molar-refractivity contribution in [3.63, 3.8) is 0 Å². The van der Waals surface area contributed by atoms with Gasteiger partial charge in [0.1, 0.15) is 6.26 Å². The number of rotatable bonds is 4. The molecule has 0 saturated carbocycles. The first kappa shape index (κ1) is 8.11. The zero-order valence-electron chi connectivity index (χ0n) is 7.08. The fourth-order valence-electron chi connectivity index (χ4n) is 1.07. The highest BCUT2D eigenvalue weighted by molar-refractivity contribution is 5.33. The van der Waals surface area contributed by atoms with Crippen molar-refractivity contribution in [1.82, 2.24) is 4.98 Å². The molecule has 1 rings (SSSR count). The molecule has 1 aromatic heterocycles. The van der Waals surface area contributed by atoms with E-state index in [-0.39, 0.29) is 0 Å². The van der Waals surface area contributed by atoms with E-state index < -0.39 is 0 Å². The van der Waals surface area contributed by atoms with Crippen LogP contribution in [0.25, 0.3) is 0 Å². The summed E-state index contributed by atoms with van der Waals surface area (Å²) in [4.78, 5) is 6.25. The van der Waals surface area contributed by atoms with Crippen LogP contribution in [0.4, 0.5) is 5.82 Å². The first-order valence-corrected chi connectivity index (χ1v) is 4.01. The molecule has 0 fully saturated rings. The second kappa shape index (κ2) is 4.01. The molecule has 62 valence electrons. The number of aromatic nitrogens is 1. The van der Waals surface area contributed by atoms with Crippen LogP contribution in [0.2, 0.25) is 0 Å². The van der Waals surface area contributed by atoms with Crippen LogP contribution in [-0.4, -0.2) is 18.1 Å². The molecule has 3 nitrogen and oxygen atoms in total. The van der Waals surface area contributed by atoms with E-state index in [1.165, 1.54) is 6.39 Å². The molecule has 11 heavy (non-hydrogen) atoms. The molecule has 0 radical (unpaired) electrons. The second-order valence-electron chi connectivity index (χ2n) is 2.43. The topological polar surface area (TPSA) is 29.3 Å². The molecule has 0 amide bonds. The number of nitrogens with zero attached hydrogens (tertiary/aromatic N) is 2. The molecular formula is C8H14N2O. The number of hydrogen-bond donors (Lipinski definition) is 0. The van der Waals surface area contributed by atoms with Crippen LogP contribution >= 0.6 is 0 Å². The van der Waals surface area contributed by atoms with Gasteiger partial charge >= 0.3 is 0 Å². The van der Waals surface area contributed by atoms with E-state index in [0.717, 1.165) is 25.3 Å². The summed E-state index contributed by atoms with van der Waals surface area (Å²) in [7, 11) is 0. The molecule has 3 heteroatoms. The van der Waals surface area contributed by atoms with Gasteiger partial charge in [0, 0.05) is 13.1 Å². The summed E-state index contributed by atoms with van der Waals surface area (Å²) in [6.07, 6.45) is 4.29. The van der Waals surface area contributed by atoms with E-state index >= 15 is 0 Å². The normalized spacial score (nSPS) is 10.0. The Kier molecular flexibility index (Phi) is 2.95. The van der Waals surface area contributed by atoms with E-state index in [9.17, 15) is 0 Å². The van der Waals surface area contributed by atoms with Gasteiger partial charge in [-0.25, -0.2) is 0 Å². The molecule has 0 unspecified atom stereocenters. The first-order chi connectivity index (χ1) is 5.38. The Morgan fingerprint density at radius 3 is 2.82 bits per heavy atom. The van der Waals surface area contributed by atoms with Crippen molar-refractivity contribution in [2.75, 3.05) is 18.0 Å². The van der Waals surface area contributed by atoms with Crippen molar-refractivity contribution in [3.05, 3.63) is 12.7 Å². The monoisotopic (exact) mass is 154 g/mol. The molecule has 0 aliphatic rings. The summed E-state index contributed by atoms with van der Waals surface area (Å²) in [5.41, 5.74) is 0. The SMILES string of the molecule is CCCN(CC)c1cocn1. The van der Waals surface area contributed by atoms with Crippen LogP contribution in [0.1, 0.15) is 20.3 Å². The average molecular weight is 154 g/mol. The lowest BCUT2D eigenvalue weighted by atomic mass is 10.4. The smallest absolute Gasteiger partial charge is 0.182 e. The predicted octanol–water partition coefficient (Wildman–Crippen LogP) is 1.91. The molecule has 1 aromatic rings. The first-order valence-electron chi connectivity index (χ1n) is 4.01. The van der Waals surface area contributed by atoms with Crippen molar-refractivity contribution in [1.29, 1.82) is 0 Å². The Labute approximate surface area is 67.0 Å². The van der Waals surface area contributed by atoms with Gasteiger partial charge in [0.15, 0.2) is 12.2 Å². The quantitative estimate of drug-likeness (QED) is 0.663. The van der Waals surface area contributed by atoms with Gasteiger partial charge in [0.25, 0.3) is 0 Å². The van der Waals surface area contributed by atoms with E-state index in [1.807, 2.05) is 0 Å². The van der Waals surface area contributed by atoms with Gasteiger partial charge in [-0.2, -0.15) is 4.98 Å². The van der Waals surface area contributed by atoms with Crippen LogP contribution in [0.5, 0.6) is 0 Å². The second-order valence-corrected chi connectivity index (χ2v) is 2.43. The van der Waals surface area contributed by atoms with Crippen LogP contribution in [0, 0.1) is 0 Å². The fourth-order valence-corrected chi connectivity index (χ4v) is 1.07. The molecule has 0 saturated heterocycles. The van der Waals surface area contributed by atoms with Gasteiger partial charge < -0.3 is 9.32 Å². The molecule has 0 spiro atoms. The predicted molar refractivity (Wildman–Crippen MR) is 44.7 cm³/mol. The lowest BCUT2D eigenvalue weighted by Gasteiger charge is -2.17. The maximum absolute atomic E-state index is 4.89. The van der Waals surface area contributed by atoms with E-state index in [1.54, 1.807) is 6.26 Å². The van der Waals surface area contributed by atoms with Gasteiger partial charge in [-0.05, 0) is 13.3 Å². The van der Waals surface area contributed by atoms with E-state index in [0.29, 0.717) is 0 Å². The van der Waals surface area contributed by atoms with E-state index in [4.69, 9.17) is 4.42 Å². The highest BCUT2D eigenvalue weighted by atomic mass is 16.3. The average Bonchev–Trinajstić information content (AvgIpc) is 2.52. The molecule has 0 atom stereocenters. The van der Waals surface area contributed by atoms with Gasteiger partial charge in [0.2, 0.25) is 0 Å². The third-order valence-corrected chi connectivity index (χ3v) is 1.62. The Morgan fingerprint density at radius 1 is 1.55 bits per heavy atom. The fraction of sp³-hybridized carbons (Fsp3) is 0.625. The third kappa shape index (κ3) is 1.97. The van der Waals surface area contributed by atoms with Crippen molar-refractivity contribution < 1.29 is 4.42 Å². The van der Waals surface area contributed by atoms with Gasteiger partial charge in [-0.1, -0.05) is 6.92 Å². The largest absolute Gasteiger partial charge is 0.449 e. The summed E-state index contributed by atoms with van der Waals surface area (Å²) in [5.74, 6) is 0.939. The van der Waals surface area contributed by atoms with Crippen LogP contribution in [0.15, 0.2) is 17.1 Å². The lowest BCUT2D eigenvalue weighted by molar-refractivity contribution is 0.557. The highest BCUT2D eigenvalue weighted by Crippen LogP contribution is 2.09. The highest BCUT2D eigenvalue weighted by Gasteiger charge is 2.03. The van der Waals surface area contributed by atoms with Crippen LogP contribution < -0.4 is 4.90 Å². The van der Waals surface area contributed by atoms with Crippen LogP contribution in [0.3, 0.4) is 0 Å². The Morgan fingerprint density at radius 2 is 2.36 bits per heavy atom. The molecule has 0 N–H and O–H groups in total. The zero-order valence-corrected chi connectivity index (χ0v) is 7.08. The molecule has 0 aromatic carbocycles. The lowest BCUT2D eigenvalue weighted by Crippen LogP contribution is -2.23. The third-order valence-electron chi connectivity index (χ3n) is 1.62. The summed E-state index contributed by atoms with van der Waals surface area (Å²) >= 11 is 0. The Balaban J connectivity index is 2.56. The summed E-state index contributed by atoms with van der Waals surface area (Å²) in [5, 5.41) is 0. The maximum atomic E-state index is 4.89. The molecule has 0 bridgehead atoms. The summed E-state index contributed by atoms with van der Waals surface area (Å²) < 4.78 is 4.89. The number of oxazole rings is 1. The van der Waals surface area contributed by atoms with Gasteiger partial charge in [0.05, 0.1) is 0 Å². The van der Waals surface area contributed by atoms with Crippen molar-refractivity contribution in [2.24, 2.45) is 0 Å². The Hall–Kier alpha value is -0.990. The molecule has 0 aliphatic carbocycles. The standard InChI is InChI=1S/C8H14N2O/c1-3-5-10(4-2)8-6-11-7-9-8/h6-7H,3-5H2,1-2H3. The number of anilines is 1. The Bertz CT molecular complexity index is 184. The zero-order chi connectivity index (χ0) is 8.10. The molecule has 0 aliphatic heterocycles. The minimum absolute atomic E-state index is 0.939. The van der Waals surface area contributed by atoms with Gasteiger partial charge in [-0.15, -0.1) is 0 Å². The van der Waals surface area contributed by atoms with Gasteiger partial charge in [-0.3, -0.25) is 0 Å². The molecular weight excluding hydrogens is 140 g/mol. The van der Waals surface area contributed by atoms with Crippen LogP contribution in [-0.2, 0) is 0 Å². The summed E-state index contributed by atoms with van der Waals surface area (Å²) in [6.45, 7) is 6.30. The number of hydrogen-bond acceptors (Lipinski definition) is 3.